The number of hydrogen-bond acceptors (Lipinski definition) is 3. The second kappa shape index (κ2) is 5.66. The van der Waals surface area contributed by atoms with Gasteiger partial charge >= 0.3 is 0 Å². The highest BCUT2D eigenvalue weighted by Crippen LogP contribution is 2.35. The van der Waals surface area contributed by atoms with Crippen molar-refractivity contribution in [1.29, 1.82) is 0 Å². The van der Waals surface area contributed by atoms with E-state index in [9.17, 15) is 4.79 Å². The number of para-hydroxylation sites is 1. The zero-order valence-corrected chi connectivity index (χ0v) is 12.2. The van der Waals surface area contributed by atoms with E-state index in [0.29, 0.717) is 35.3 Å². The number of ether oxygens (including phenoxy) is 2. The molecule has 4 nitrogen and oxygen atoms in total. The number of aryl methyl sites for hydroxylation is 1. The number of nitrogens with one attached hydrogen (secondary N) is 1. The van der Waals surface area contributed by atoms with Crippen LogP contribution in [0, 0.1) is 6.92 Å². The molecule has 0 bridgehead atoms. The number of anilines is 1. The number of rotatable bonds is 2. The molecular formula is C16H14ClNO3. The zero-order valence-electron chi connectivity index (χ0n) is 11.5. The van der Waals surface area contributed by atoms with Gasteiger partial charge in [-0.2, -0.15) is 0 Å². The number of hydrogen-bond donors (Lipinski definition) is 1. The summed E-state index contributed by atoms with van der Waals surface area (Å²) in [4.78, 5) is 12.4. The van der Waals surface area contributed by atoms with Crippen LogP contribution in [0.1, 0.15) is 15.9 Å². The minimum Gasteiger partial charge on any atom is -0.486 e. The molecule has 1 aliphatic heterocycles. The molecule has 0 aromatic heterocycles. The van der Waals surface area contributed by atoms with E-state index in [2.05, 4.69) is 5.32 Å². The van der Waals surface area contributed by atoms with E-state index in [4.69, 9.17) is 21.1 Å². The number of amides is 1. The lowest BCUT2D eigenvalue weighted by molar-refractivity contribution is 0.102. The van der Waals surface area contributed by atoms with Crippen LogP contribution in [-0.4, -0.2) is 19.1 Å². The van der Waals surface area contributed by atoms with Crippen LogP contribution in [0.25, 0.3) is 0 Å². The fourth-order valence-electron chi connectivity index (χ4n) is 2.14. The molecule has 3 rings (SSSR count). The van der Waals surface area contributed by atoms with Gasteiger partial charge in [0.1, 0.15) is 13.2 Å². The topological polar surface area (TPSA) is 47.6 Å². The van der Waals surface area contributed by atoms with Crippen molar-refractivity contribution < 1.29 is 14.3 Å². The van der Waals surface area contributed by atoms with Crippen LogP contribution >= 0.6 is 11.6 Å². The SMILES string of the molecule is Cc1ccccc1NC(=O)c1cc2c(cc1Cl)OCCO2. The van der Waals surface area contributed by atoms with Crippen LogP contribution < -0.4 is 14.8 Å². The van der Waals surface area contributed by atoms with Crippen molar-refractivity contribution >= 4 is 23.2 Å². The third-order valence-corrected chi connectivity index (χ3v) is 3.58. The molecule has 1 aliphatic rings. The molecule has 0 unspecified atom stereocenters. The summed E-state index contributed by atoms with van der Waals surface area (Å²) in [5, 5.41) is 3.19. The fourth-order valence-corrected chi connectivity index (χ4v) is 2.38. The highest BCUT2D eigenvalue weighted by atomic mass is 35.5. The van der Waals surface area contributed by atoms with E-state index in [0.717, 1.165) is 11.3 Å². The Morgan fingerprint density at radius 1 is 1.14 bits per heavy atom. The third-order valence-electron chi connectivity index (χ3n) is 3.27. The van der Waals surface area contributed by atoms with Gasteiger partial charge in [-0.3, -0.25) is 4.79 Å². The van der Waals surface area contributed by atoms with Crippen molar-refractivity contribution in [2.75, 3.05) is 18.5 Å². The summed E-state index contributed by atoms with van der Waals surface area (Å²) in [5.74, 6) is 0.838. The monoisotopic (exact) mass is 303 g/mol. The first-order valence-corrected chi connectivity index (χ1v) is 6.99. The second-order valence-corrected chi connectivity index (χ2v) is 5.15. The summed E-state index contributed by atoms with van der Waals surface area (Å²) >= 11 is 6.17. The summed E-state index contributed by atoms with van der Waals surface area (Å²) in [5.41, 5.74) is 2.11. The first-order chi connectivity index (χ1) is 10.1. The van der Waals surface area contributed by atoms with Crippen LogP contribution in [0.4, 0.5) is 5.69 Å². The van der Waals surface area contributed by atoms with Crippen molar-refractivity contribution in [3.05, 3.63) is 52.5 Å². The van der Waals surface area contributed by atoms with Crippen molar-refractivity contribution in [3.63, 3.8) is 0 Å². The molecule has 0 saturated heterocycles. The third kappa shape index (κ3) is 2.81. The van der Waals surface area contributed by atoms with Gasteiger partial charge in [-0.25, -0.2) is 0 Å². The van der Waals surface area contributed by atoms with Gasteiger partial charge in [0, 0.05) is 11.8 Å². The molecule has 0 fully saturated rings. The molecule has 2 aromatic carbocycles. The Morgan fingerprint density at radius 2 is 1.81 bits per heavy atom. The van der Waals surface area contributed by atoms with Gasteiger partial charge in [0.15, 0.2) is 11.5 Å². The van der Waals surface area contributed by atoms with Crippen molar-refractivity contribution in [2.45, 2.75) is 6.92 Å². The van der Waals surface area contributed by atoms with E-state index >= 15 is 0 Å². The molecule has 1 heterocycles. The molecule has 0 atom stereocenters. The van der Waals surface area contributed by atoms with Gasteiger partial charge < -0.3 is 14.8 Å². The maximum absolute atomic E-state index is 12.4. The Labute approximate surface area is 127 Å². The molecule has 0 radical (unpaired) electrons. The molecule has 2 aromatic rings. The largest absolute Gasteiger partial charge is 0.486 e. The Hall–Kier alpha value is -2.20. The fraction of sp³-hybridized carbons (Fsp3) is 0.188. The second-order valence-electron chi connectivity index (χ2n) is 4.74. The Balaban J connectivity index is 1.89. The predicted octanol–water partition coefficient (Wildman–Crippen LogP) is 3.67. The maximum Gasteiger partial charge on any atom is 0.257 e. The zero-order chi connectivity index (χ0) is 14.8. The van der Waals surface area contributed by atoms with Gasteiger partial charge in [0.05, 0.1) is 10.6 Å². The first kappa shape index (κ1) is 13.8. The smallest absolute Gasteiger partial charge is 0.257 e. The molecule has 5 heteroatoms. The molecule has 0 saturated carbocycles. The standard InChI is InChI=1S/C16H14ClNO3/c1-10-4-2-3-5-13(10)18-16(19)11-8-14-15(9-12(11)17)21-7-6-20-14/h2-5,8-9H,6-7H2,1H3,(H,18,19). The summed E-state index contributed by atoms with van der Waals surface area (Å²) < 4.78 is 10.9. The first-order valence-electron chi connectivity index (χ1n) is 6.61. The number of halogens is 1. The van der Waals surface area contributed by atoms with E-state index in [-0.39, 0.29) is 5.91 Å². The van der Waals surface area contributed by atoms with Crippen molar-refractivity contribution in [1.82, 2.24) is 0 Å². The summed E-state index contributed by atoms with van der Waals surface area (Å²) in [6.45, 7) is 2.88. The predicted molar refractivity (Wildman–Crippen MR) is 81.6 cm³/mol. The number of benzene rings is 2. The average molecular weight is 304 g/mol. The molecule has 0 spiro atoms. The number of carbonyl (C=O) groups is 1. The summed E-state index contributed by atoms with van der Waals surface area (Å²) in [6, 6.07) is 10.8. The average Bonchev–Trinajstić information content (AvgIpc) is 2.49. The van der Waals surface area contributed by atoms with Gasteiger partial charge in [-0.1, -0.05) is 29.8 Å². The van der Waals surface area contributed by atoms with Gasteiger partial charge in [-0.15, -0.1) is 0 Å². The molecule has 1 amide bonds. The summed E-state index contributed by atoms with van der Waals surface area (Å²) in [6.07, 6.45) is 0. The van der Waals surface area contributed by atoms with Crippen LogP contribution in [0.3, 0.4) is 0 Å². The Bertz CT molecular complexity index is 700. The highest BCUT2D eigenvalue weighted by molar-refractivity contribution is 6.34. The van der Waals surface area contributed by atoms with Gasteiger partial charge in [0.2, 0.25) is 0 Å². The van der Waals surface area contributed by atoms with Crippen LogP contribution in [0.15, 0.2) is 36.4 Å². The Kier molecular flexibility index (Phi) is 3.71. The number of carbonyl (C=O) groups excluding carboxylic acids is 1. The van der Waals surface area contributed by atoms with E-state index < -0.39 is 0 Å². The van der Waals surface area contributed by atoms with E-state index in [1.54, 1.807) is 12.1 Å². The van der Waals surface area contributed by atoms with Crippen LogP contribution in [0.5, 0.6) is 11.5 Å². The molecule has 0 aliphatic carbocycles. The van der Waals surface area contributed by atoms with E-state index in [1.807, 2.05) is 31.2 Å². The maximum atomic E-state index is 12.4. The lowest BCUT2D eigenvalue weighted by Crippen LogP contribution is -2.18. The Morgan fingerprint density at radius 3 is 2.52 bits per heavy atom. The van der Waals surface area contributed by atoms with Gasteiger partial charge in [-0.05, 0) is 24.6 Å². The molecule has 21 heavy (non-hydrogen) atoms. The highest BCUT2D eigenvalue weighted by Gasteiger charge is 2.19. The lowest BCUT2D eigenvalue weighted by atomic mass is 10.1. The minimum atomic E-state index is -0.272. The van der Waals surface area contributed by atoms with Crippen LogP contribution in [0.2, 0.25) is 5.02 Å². The molecule has 1 N–H and O–H groups in total. The van der Waals surface area contributed by atoms with Crippen molar-refractivity contribution in [2.24, 2.45) is 0 Å². The molecular weight excluding hydrogens is 290 g/mol. The number of fused-ring (bicyclic) bond motifs is 1. The van der Waals surface area contributed by atoms with Gasteiger partial charge in [0.25, 0.3) is 5.91 Å². The van der Waals surface area contributed by atoms with Crippen molar-refractivity contribution in [3.8, 4) is 11.5 Å². The van der Waals surface area contributed by atoms with E-state index in [1.165, 1.54) is 0 Å². The quantitative estimate of drug-likeness (QED) is 0.921. The minimum absolute atomic E-state index is 0.272. The summed E-state index contributed by atoms with van der Waals surface area (Å²) in [7, 11) is 0. The lowest BCUT2D eigenvalue weighted by Gasteiger charge is -2.19. The normalized spacial score (nSPS) is 12.9. The van der Waals surface area contributed by atoms with Crippen LogP contribution in [-0.2, 0) is 0 Å². The molecule has 108 valence electrons.